The van der Waals surface area contributed by atoms with Gasteiger partial charge in [0.25, 0.3) is 6.43 Å². The van der Waals surface area contributed by atoms with E-state index in [0.29, 0.717) is 0 Å². The molecule has 0 aliphatic heterocycles. The Bertz CT molecular complexity index is 439. The van der Waals surface area contributed by atoms with Gasteiger partial charge in [-0.1, -0.05) is 0 Å². The molecule has 18 heavy (non-hydrogen) atoms. The van der Waals surface area contributed by atoms with Crippen LogP contribution in [0.1, 0.15) is 30.3 Å². The molecule has 0 amide bonds. The Morgan fingerprint density at radius 1 is 1.61 bits per heavy atom. The van der Waals surface area contributed by atoms with Crippen LogP contribution in [0.3, 0.4) is 0 Å². The molecule has 0 radical (unpaired) electrons. The van der Waals surface area contributed by atoms with Crippen molar-refractivity contribution in [1.29, 1.82) is 0 Å². The van der Waals surface area contributed by atoms with Gasteiger partial charge in [0.05, 0.1) is 18.7 Å². The number of hydrogen-bond donors (Lipinski definition) is 2. The van der Waals surface area contributed by atoms with Crippen molar-refractivity contribution in [3.05, 3.63) is 23.0 Å². The summed E-state index contributed by atoms with van der Waals surface area (Å²) in [6.07, 6.45) is -3.23. The Hall–Kier alpha value is -1.76. The van der Waals surface area contributed by atoms with E-state index in [0.717, 1.165) is 0 Å². The minimum absolute atomic E-state index is 0.0409. The van der Waals surface area contributed by atoms with Crippen LogP contribution in [0.4, 0.5) is 8.78 Å². The topological polar surface area (TPSA) is 85.4 Å². The maximum atomic E-state index is 12.6. The fraction of sp³-hybridized carbons (Fsp3) is 0.455. The summed E-state index contributed by atoms with van der Waals surface area (Å²) in [4.78, 5) is 14.8. The van der Waals surface area contributed by atoms with E-state index >= 15 is 0 Å². The molecule has 1 rings (SSSR count). The lowest BCUT2D eigenvalue weighted by molar-refractivity contribution is -0.142. The average molecular weight is 260 g/mol. The highest BCUT2D eigenvalue weighted by Gasteiger charge is 2.20. The summed E-state index contributed by atoms with van der Waals surface area (Å²) in [5.74, 6) is -1.29. The molecule has 0 fully saturated rings. The van der Waals surface area contributed by atoms with Crippen molar-refractivity contribution in [3.63, 3.8) is 0 Å². The lowest BCUT2D eigenvalue weighted by Gasteiger charge is -2.10. The quantitative estimate of drug-likeness (QED) is 0.779. The standard InChI is InChI=1S/C11H14F2N2O3/c1-2-18-8(16)4-6-3-7(5-14)15-9(10(6)17)11(12)13/h3,11,17H,2,4-5,14H2,1H3. The normalized spacial score (nSPS) is 10.7. The number of hydrogen-bond acceptors (Lipinski definition) is 5. The molecule has 7 heteroatoms. The number of carbonyl (C=O) groups is 1. The van der Waals surface area contributed by atoms with E-state index < -0.39 is 23.8 Å². The zero-order chi connectivity index (χ0) is 13.7. The first-order valence-corrected chi connectivity index (χ1v) is 5.35. The van der Waals surface area contributed by atoms with Gasteiger partial charge in [0.2, 0.25) is 0 Å². The van der Waals surface area contributed by atoms with Crippen molar-refractivity contribution < 1.29 is 23.4 Å². The van der Waals surface area contributed by atoms with E-state index in [2.05, 4.69) is 9.72 Å². The molecule has 0 aliphatic carbocycles. The highest BCUT2D eigenvalue weighted by Crippen LogP contribution is 2.30. The monoisotopic (exact) mass is 260 g/mol. The highest BCUT2D eigenvalue weighted by atomic mass is 19.3. The molecule has 5 nitrogen and oxygen atoms in total. The van der Waals surface area contributed by atoms with Gasteiger partial charge in [-0.15, -0.1) is 0 Å². The van der Waals surface area contributed by atoms with Crippen molar-refractivity contribution in [1.82, 2.24) is 4.98 Å². The molecule has 0 aliphatic rings. The van der Waals surface area contributed by atoms with Crippen LogP contribution >= 0.6 is 0 Å². The molecule has 0 saturated heterocycles. The fourth-order valence-electron chi connectivity index (χ4n) is 1.43. The summed E-state index contributed by atoms with van der Waals surface area (Å²) >= 11 is 0. The summed E-state index contributed by atoms with van der Waals surface area (Å²) in [6, 6.07) is 1.32. The van der Waals surface area contributed by atoms with Gasteiger partial charge < -0.3 is 15.6 Å². The second-order valence-electron chi connectivity index (χ2n) is 3.49. The van der Waals surface area contributed by atoms with Crippen LogP contribution < -0.4 is 5.73 Å². The van der Waals surface area contributed by atoms with Crippen molar-refractivity contribution in [2.45, 2.75) is 26.3 Å². The van der Waals surface area contributed by atoms with Crippen LogP contribution in [-0.4, -0.2) is 22.7 Å². The molecule has 3 N–H and O–H groups in total. The third kappa shape index (κ3) is 3.36. The Morgan fingerprint density at radius 2 is 2.28 bits per heavy atom. The Balaban J connectivity index is 3.09. The van der Waals surface area contributed by atoms with E-state index in [1.54, 1.807) is 6.92 Å². The number of aromatic hydroxyl groups is 1. The number of carbonyl (C=O) groups excluding carboxylic acids is 1. The van der Waals surface area contributed by atoms with Gasteiger partial charge in [-0.3, -0.25) is 4.79 Å². The number of halogens is 2. The second kappa shape index (κ2) is 6.25. The zero-order valence-electron chi connectivity index (χ0n) is 9.82. The largest absolute Gasteiger partial charge is 0.506 e. The molecular formula is C11H14F2N2O3. The van der Waals surface area contributed by atoms with E-state index in [1.807, 2.05) is 0 Å². The lowest BCUT2D eigenvalue weighted by Crippen LogP contribution is -2.11. The summed E-state index contributed by atoms with van der Waals surface area (Å²) in [5, 5.41) is 9.61. The van der Waals surface area contributed by atoms with Crippen LogP contribution in [0.5, 0.6) is 5.75 Å². The van der Waals surface area contributed by atoms with E-state index in [1.165, 1.54) is 6.07 Å². The van der Waals surface area contributed by atoms with Crippen LogP contribution in [0.15, 0.2) is 6.07 Å². The molecule has 0 atom stereocenters. The van der Waals surface area contributed by atoms with E-state index in [4.69, 9.17) is 5.73 Å². The Labute approximate surface area is 103 Å². The second-order valence-corrected chi connectivity index (χ2v) is 3.49. The SMILES string of the molecule is CCOC(=O)Cc1cc(CN)nc(C(F)F)c1O. The maximum absolute atomic E-state index is 12.6. The van der Waals surface area contributed by atoms with Crippen molar-refractivity contribution in [3.8, 4) is 5.75 Å². The van der Waals surface area contributed by atoms with Gasteiger partial charge in [0.15, 0.2) is 0 Å². The van der Waals surface area contributed by atoms with Gasteiger partial charge in [-0.05, 0) is 13.0 Å². The zero-order valence-corrected chi connectivity index (χ0v) is 9.82. The van der Waals surface area contributed by atoms with E-state index in [9.17, 15) is 18.7 Å². The van der Waals surface area contributed by atoms with Crippen LogP contribution in [0, 0.1) is 0 Å². The van der Waals surface area contributed by atoms with Crippen molar-refractivity contribution in [2.24, 2.45) is 5.73 Å². The molecule has 0 unspecified atom stereocenters. The fourth-order valence-corrected chi connectivity index (χ4v) is 1.43. The number of ether oxygens (including phenoxy) is 1. The molecule has 0 bridgehead atoms. The smallest absolute Gasteiger partial charge is 0.310 e. The molecular weight excluding hydrogens is 246 g/mol. The van der Waals surface area contributed by atoms with Crippen molar-refractivity contribution in [2.75, 3.05) is 6.61 Å². The summed E-state index contributed by atoms with van der Waals surface area (Å²) in [6.45, 7) is 1.74. The third-order valence-corrected chi connectivity index (χ3v) is 2.21. The van der Waals surface area contributed by atoms with Crippen LogP contribution in [-0.2, 0) is 22.5 Å². The number of rotatable bonds is 5. The van der Waals surface area contributed by atoms with Crippen LogP contribution in [0.25, 0.3) is 0 Å². The predicted octanol–water partition coefficient (Wildman–Crippen LogP) is 1.29. The summed E-state index contributed by atoms with van der Waals surface area (Å²) < 4.78 is 29.9. The minimum atomic E-state index is -2.93. The van der Waals surface area contributed by atoms with Gasteiger partial charge >= 0.3 is 5.97 Å². The van der Waals surface area contributed by atoms with Crippen LogP contribution in [0.2, 0.25) is 0 Å². The summed E-state index contributed by atoms with van der Waals surface area (Å²) in [5.41, 5.74) is 4.78. The number of nitrogens with two attached hydrogens (primary N) is 1. The summed E-state index contributed by atoms with van der Waals surface area (Å²) in [7, 11) is 0. The number of alkyl halides is 2. The molecule has 1 aromatic heterocycles. The van der Waals surface area contributed by atoms with Gasteiger partial charge in [0, 0.05) is 12.1 Å². The number of pyridine rings is 1. The molecule has 0 saturated carbocycles. The minimum Gasteiger partial charge on any atom is -0.506 e. The third-order valence-electron chi connectivity index (χ3n) is 2.21. The first kappa shape index (κ1) is 14.3. The molecule has 1 aromatic rings. The van der Waals surface area contributed by atoms with Gasteiger partial charge in [-0.25, -0.2) is 13.8 Å². The predicted molar refractivity (Wildman–Crippen MR) is 59.1 cm³/mol. The maximum Gasteiger partial charge on any atom is 0.310 e. The highest BCUT2D eigenvalue weighted by molar-refractivity contribution is 5.73. The Kier molecular flexibility index (Phi) is 4.96. The average Bonchev–Trinajstić information content (AvgIpc) is 2.31. The number of aromatic nitrogens is 1. The molecule has 0 spiro atoms. The first-order valence-electron chi connectivity index (χ1n) is 5.35. The van der Waals surface area contributed by atoms with E-state index in [-0.39, 0.29) is 30.8 Å². The van der Waals surface area contributed by atoms with Crippen molar-refractivity contribution >= 4 is 5.97 Å². The lowest BCUT2D eigenvalue weighted by atomic mass is 10.1. The Morgan fingerprint density at radius 3 is 2.78 bits per heavy atom. The molecule has 0 aromatic carbocycles. The first-order chi connectivity index (χ1) is 8.49. The molecule has 1 heterocycles. The van der Waals surface area contributed by atoms with Gasteiger partial charge in [-0.2, -0.15) is 0 Å². The van der Waals surface area contributed by atoms with Gasteiger partial charge in [0.1, 0.15) is 11.4 Å². The molecule has 100 valence electrons. The number of esters is 1. The number of nitrogens with zero attached hydrogens (tertiary/aromatic N) is 1.